The number of H-pyrrole nitrogens is 1. The highest BCUT2D eigenvalue weighted by molar-refractivity contribution is 5.69. The number of aromatic nitrogens is 4. The Hall–Kier alpha value is -1.97. The molecule has 2 aromatic rings. The van der Waals surface area contributed by atoms with Crippen LogP contribution in [0.4, 0.5) is 5.95 Å². The molecular weight excluding hydrogens is 242 g/mol. The highest BCUT2D eigenvalue weighted by atomic mass is 16.6. The zero-order valence-electron chi connectivity index (χ0n) is 9.41. The third kappa shape index (κ3) is 2.18. The third-order valence-electron chi connectivity index (χ3n) is 2.31. The number of hydrogen-bond acceptors (Lipinski definition) is 7. The van der Waals surface area contributed by atoms with E-state index in [1.807, 2.05) is 0 Å². The van der Waals surface area contributed by atoms with Gasteiger partial charge in [-0.15, -0.1) is 0 Å². The van der Waals surface area contributed by atoms with Gasteiger partial charge in [0.15, 0.2) is 11.2 Å². The van der Waals surface area contributed by atoms with Crippen molar-refractivity contribution in [3.8, 4) is 0 Å². The van der Waals surface area contributed by atoms with Gasteiger partial charge in [-0.1, -0.05) is 0 Å². The van der Waals surface area contributed by atoms with Gasteiger partial charge in [0.25, 0.3) is 5.56 Å². The van der Waals surface area contributed by atoms with Gasteiger partial charge in [-0.2, -0.15) is 4.98 Å². The summed E-state index contributed by atoms with van der Waals surface area (Å²) in [5, 5.41) is 18.3. The van der Waals surface area contributed by atoms with Crippen molar-refractivity contribution in [3.63, 3.8) is 0 Å². The van der Waals surface area contributed by atoms with Crippen molar-refractivity contribution in [1.29, 1.82) is 0 Å². The Morgan fingerprint density at radius 1 is 1.61 bits per heavy atom. The van der Waals surface area contributed by atoms with Gasteiger partial charge in [0.2, 0.25) is 12.4 Å². The zero-order valence-corrected chi connectivity index (χ0v) is 9.41. The first-order valence-corrected chi connectivity index (χ1v) is 5.26. The minimum absolute atomic E-state index is 0.0745. The minimum atomic E-state index is -1.55. The molecule has 18 heavy (non-hydrogen) atoms. The number of nitrogens with two attached hydrogens (primary N) is 1. The van der Waals surface area contributed by atoms with E-state index < -0.39 is 12.0 Å². The number of nitrogen functional groups attached to an aromatic ring is 1. The summed E-state index contributed by atoms with van der Waals surface area (Å²) in [5.41, 5.74) is 5.29. The Morgan fingerprint density at radius 3 is 3.11 bits per heavy atom. The number of fused-ring (bicyclic) bond motifs is 1. The number of ether oxygens (including phenoxy) is 1. The molecule has 98 valence electrons. The number of imidazole rings is 1. The molecule has 0 saturated heterocycles. The highest BCUT2D eigenvalue weighted by Crippen LogP contribution is 2.10. The number of hydrogen-bond donors (Lipinski definition) is 4. The molecule has 0 spiro atoms. The first-order valence-electron chi connectivity index (χ1n) is 5.26. The fraction of sp³-hybridized carbons (Fsp3) is 0.444. The summed E-state index contributed by atoms with van der Waals surface area (Å²) in [6.45, 7) is 0.0134. The summed E-state index contributed by atoms with van der Waals surface area (Å²) in [4.78, 5) is 22.2. The Morgan fingerprint density at radius 2 is 2.39 bits per heavy atom. The van der Waals surface area contributed by atoms with E-state index >= 15 is 0 Å². The van der Waals surface area contributed by atoms with E-state index in [1.54, 1.807) is 0 Å². The average molecular weight is 255 g/mol. The lowest BCUT2D eigenvalue weighted by Gasteiger charge is -2.15. The molecule has 0 aliphatic rings. The summed E-state index contributed by atoms with van der Waals surface area (Å²) < 4.78 is 5.76. The second-order valence-electron chi connectivity index (χ2n) is 3.52. The van der Waals surface area contributed by atoms with Gasteiger partial charge in [-0.05, 0) is 6.42 Å². The van der Waals surface area contributed by atoms with Crippen LogP contribution >= 0.6 is 0 Å². The van der Waals surface area contributed by atoms with E-state index in [9.17, 15) is 9.90 Å². The Bertz CT molecular complexity index is 592. The fourth-order valence-corrected chi connectivity index (χ4v) is 1.46. The molecule has 2 heterocycles. The molecule has 0 aliphatic heterocycles. The molecule has 5 N–H and O–H groups in total. The number of nitrogens with zero attached hydrogens (tertiary/aromatic N) is 3. The van der Waals surface area contributed by atoms with E-state index in [4.69, 9.17) is 15.6 Å². The van der Waals surface area contributed by atoms with Gasteiger partial charge in [-0.3, -0.25) is 4.79 Å². The lowest BCUT2D eigenvalue weighted by Crippen LogP contribution is -2.30. The normalized spacial score (nSPS) is 13.0. The first-order chi connectivity index (χ1) is 8.65. The van der Waals surface area contributed by atoms with Crippen LogP contribution in [0.2, 0.25) is 0 Å². The number of anilines is 1. The van der Waals surface area contributed by atoms with Crippen LogP contribution < -0.4 is 11.3 Å². The first kappa shape index (κ1) is 12.5. The predicted molar refractivity (Wildman–Crippen MR) is 61.5 cm³/mol. The summed E-state index contributed by atoms with van der Waals surface area (Å²) in [6.07, 6.45) is 0.0945. The lowest BCUT2D eigenvalue weighted by atomic mass is 10.5. The number of aromatic amines is 1. The number of aliphatic hydroxyl groups excluding tert-OH is 2. The van der Waals surface area contributed by atoms with Crippen molar-refractivity contribution >= 4 is 17.1 Å². The van der Waals surface area contributed by atoms with Crippen molar-refractivity contribution in [2.45, 2.75) is 12.8 Å². The molecular formula is C9H13N5O4. The maximum absolute atomic E-state index is 12.0. The van der Waals surface area contributed by atoms with Gasteiger partial charge in [0.1, 0.15) is 0 Å². The highest BCUT2D eigenvalue weighted by Gasteiger charge is 2.17. The van der Waals surface area contributed by atoms with Crippen LogP contribution in [0.15, 0.2) is 11.1 Å². The van der Waals surface area contributed by atoms with Crippen LogP contribution in [-0.4, -0.2) is 42.9 Å². The molecule has 0 aromatic carbocycles. The van der Waals surface area contributed by atoms with Gasteiger partial charge < -0.3 is 25.7 Å². The third-order valence-corrected chi connectivity index (χ3v) is 2.31. The van der Waals surface area contributed by atoms with Crippen LogP contribution in [0.1, 0.15) is 12.8 Å². The topological polar surface area (TPSA) is 139 Å². The van der Waals surface area contributed by atoms with Crippen molar-refractivity contribution in [2.24, 2.45) is 0 Å². The fourth-order valence-electron chi connectivity index (χ4n) is 1.46. The Labute approximate surface area is 101 Å². The monoisotopic (exact) mass is 255 g/mol. The molecule has 0 saturated carbocycles. The molecule has 0 radical (unpaired) electrons. The molecule has 0 amide bonds. The number of nitrogens with one attached hydrogen (secondary N) is 1. The second-order valence-corrected chi connectivity index (χ2v) is 3.52. The van der Waals surface area contributed by atoms with Crippen molar-refractivity contribution in [3.05, 3.63) is 16.7 Å². The second kappa shape index (κ2) is 5.12. The van der Waals surface area contributed by atoms with Crippen LogP contribution in [0, 0.1) is 0 Å². The van der Waals surface area contributed by atoms with Crippen LogP contribution in [0.5, 0.6) is 0 Å². The maximum atomic E-state index is 12.0. The average Bonchev–Trinajstić information content (AvgIpc) is 2.77. The van der Waals surface area contributed by atoms with E-state index in [2.05, 4.69) is 15.0 Å². The van der Waals surface area contributed by atoms with Gasteiger partial charge in [-0.25, -0.2) is 9.55 Å². The smallest absolute Gasteiger partial charge is 0.285 e. The Kier molecular flexibility index (Phi) is 3.55. The van der Waals surface area contributed by atoms with Crippen LogP contribution in [0.3, 0.4) is 0 Å². The SMILES string of the molecule is Nc1nc2nc[nH]c2c(=O)n1C(O)OCCCO. The predicted octanol–water partition coefficient (Wildman–Crippen LogP) is -1.45. The largest absolute Gasteiger partial charge is 0.396 e. The van der Waals surface area contributed by atoms with E-state index in [0.29, 0.717) is 6.42 Å². The molecule has 1 atom stereocenters. The van der Waals surface area contributed by atoms with Crippen molar-refractivity contribution < 1.29 is 14.9 Å². The Balaban J connectivity index is 2.34. The van der Waals surface area contributed by atoms with E-state index in [0.717, 1.165) is 4.57 Å². The van der Waals surface area contributed by atoms with E-state index in [-0.39, 0.29) is 30.3 Å². The summed E-state index contributed by atoms with van der Waals surface area (Å²) >= 11 is 0. The minimum Gasteiger partial charge on any atom is -0.396 e. The molecule has 0 fully saturated rings. The van der Waals surface area contributed by atoms with Gasteiger partial charge in [0, 0.05) is 6.61 Å². The lowest BCUT2D eigenvalue weighted by molar-refractivity contribution is -0.155. The summed E-state index contributed by atoms with van der Waals surface area (Å²) in [6, 6.07) is 0. The quantitative estimate of drug-likeness (QED) is 0.378. The van der Waals surface area contributed by atoms with Crippen molar-refractivity contribution in [2.75, 3.05) is 18.9 Å². The number of aliphatic hydroxyl groups is 2. The molecule has 2 aromatic heterocycles. The van der Waals surface area contributed by atoms with Crippen LogP contribution in [0.25, 0.3) is 11.2 Å². The van der Waals surface area contributed by atoms with E-state index in [1.165, 1.54) is 6.33 Å². The number of rotatable bonds is 5. The standard InChI is InChI=1S/C9H13N5O4/c10-8-13-6-5(11-4-12-6)7(16)14(8)9(17)18-3-1-2-15/h4,9,15,17H,1-3H2,(H2,10,13)(H,11,12). The van der Waals surface area contributed by atoms with Crippen molar-refractivity contribution in [1.82, 2.24) is 19.5 Å². The maximum Gasteiger partial charge on any atom is 0.285 e. The molecule has 0 aliphatic carbocycles. The molecule has 9 nitrogen and oxygen atoms in total. The molecule has 2 rings (SSSR count). The molecule has 0 bridgehead atoms. The van der Waals surface area contributed by atoms with Gasteiger partial charge >= 0.3 is 0 Å². The van der Waals surface area contributed by atoms with Gasteiger partial charge in [0.05, 0.1) is 12.9 Å². The summed E-state index contributed by atoms with van der Waals surface area (Å²) in [5.74, 6) is -0.198. The molecule has 1 unspecified atom stereocenters. The van der Waals surface area contributed by atoms with Crippen LogP contribution in [-0.2, 0) is 4.74 Å². The zero-order chi connectivity index (χ0) is 13.1. The summed E-state index contributed by atoms with van der Waals surface area (Å²) in [7, 11) is 0. The molecule has 9 heteroatoms.